The molecule has 39 heavy (non-hydrogen) atoms. The lowest BCUT2D eigenvalue weighted by Gasteiger charge is -2.14. The van der Waals surface area contributed by atoms with Gasteiger partial charge in [-0.2, -0.15) is 0 Å². The predicted molar refractivity (Wildman–Crippen MR) is 147 cm³/mol. The fourth-order valence-electron chi connectivity index (χ4n) is 3.33. The molecule has 3 amide bonds. The first-order chi connectivity index (χ1) is 18.4. The van der Waals surface area contributed by atoms with Crippen molar-refractivity contribution in [3.63, 3.8) is 0 Å². The molecule has 3 aromatic rings. The van der Waals surface area contributed by atoms with Crippen LogP contribution in [0.5, 0.6) is 0 Å². The van der Waals surface area contributed by atoms with Crippen LogP contribution in [0, 0.1) is 17.7 Å². The molecule has 7 N–H and O–H groups in total. The summed E-state index contributed by atoms with van der Waals surface area (Å²) >= 11 is 0. The molecule has 3 aromatic carbocycles. The first-order valence-electron chi connectivity index (χ1n) is 11.8. The lowest BCUT2D eigenvalue weighted by atomic mass is 10.1. The van der Waals surface area contributed by atoms with E-state index in [0.717, 1.165) is 11.1 Å². The van der Waals surface area contributed by atoms with E-state index < -0.39 is 17.9 Å². The zero-order valence-electron chi connectivity index (χ0n) is 20.5. The lowest BCUT2D eigenvalue weighted by molar-refractivity contribution is -0.130. The summed E-state index contributed by atoms with van der Waals surface area (Å²) in [5, 5.41) is 17.0. The lowest BCUT2D eigenvalue weighted by Crippen LogP contribution is -2.50. The highest BCUT2D eigenvalue weighted by molar-refractivity contribution is 5.97. The van der Waals surface area contributed by atoms with E-state index in [1.54, 1.807) is 60.7 Å². The highest BCUT2D eigenvalue weighted by atomic mass is 19.1. The van der Waals surface area contributed by atoms with Gasteiger partial charge in [0.15, 0.2) is 0 Å². The van der Waals surface area contributed by atoms with Crippen LogP contribution in [-0.4, -0.2) is 48.6 Å². The fraction of sp³-hybridized carbons (Fsp3) is 0.207. The molecule has 0 heterocycles. The Bertz CT molecular complexity index is 1300. The van der Waals surface area contributed by atoms with E-state index in [2.05, 4.69) is 27.8 Å². The zero-order chi connectivity index (χ0) is 27.3. The molecular weight excluding hydrogens is 501 g/mol. The number of nitrogens with two attached hydrogens (primary N) is 1. The molecule has 0 aromatic heterocycles. The summed E-state index contributed by atoms with van der Waals surface area (Å²) < 4.78 is 12.9. The zero-order valence-corrected chi connectivity index (χ0v) is 20.5. The summed E-state index contributed by atoms with van der Waals surface area (Å²) in [7, 11) is 0. The van der Waals surface area contributed by atoms with Crippen LogP contribution in [0.25, 0.3) is 0 Å². The number of benzene rings is 3. The highest BCUT2D eigenvalue weighted by Crippen LogP contribution is 2.10. The van der Waals surface area contributed by atoms with Crippen LogP contribution in [0.15, 0.2) is 72.8 Å². The molecule has 0 aliphatic carbocycles. The van der Waals surface area contributed by atoms with Gasteiger partial charge in [0.1, 0.15) is 11.9 Å². The molecule has 1 atom stereocenters. The Morgan fingerprint density at radius 1 is 0.897 bits per heavy atom. The van der Waals surface area contributed by atoms with Crippen LogP contribution < -0.4 is 27.2 Å². The molecule has 3 rings (SSSR count). The molecule has 0 saturated heterocycles. The number of carbonyl (C=O) groups is 3. The van der Waals surface area contributed by atoms with Crippen LogP contribution in [0.3, 0.4) is 0 Å². The Kier molecular flexibility index (Phi) is 12.3. The van der Waals surface area contributed by atoms with Gasteiger partial charge in [-0.3, -0.25) is 19.6 Å². The normalized spacial score (nSPS) is 10.7. The fourth-order valence-corrected chi connectivity index (χ4v) is 3.33. The van der Waals surface area contributed by atoms with Crippen LogP contribution in [0.4, 0.5) is 10.1 Å². The molecule has 10 heteroatoms. The van der Waals surface area contributed by atoms with Crippen molar-refractivity contribution in [2.24, 2.45) is 5.73 Å². The maximum absolute atomic E-state index is 12.9. The smallest absolute Gasteiger partial charge is 0.267 e. The van der Waals surface area contributed by atoms with E-state index in [1.807, 2.05) is 0 Å². The molecule has 0 unspecified atom stereocenters. The summed E-state index contributed by atoms with van der Waals surface area (Å²) in [6, 6.07) is 18.8. The maximum atomic E-state index is 12.9. The van der Waals surface area contributed by atoms with Crippen LogP contribution in [0.1, 0.15) is 34.5 Å². The van der Waals surface area contributed by atoms with Crippen molar-refractivity contribution in [2.75, 3.05) is 25.0 Å². The summed E-state index contributed by atoms with van der Waals surface area (Å²) in [4.78, 5) is 35.9. The van der Waals surface area contributed by atoms with Crippen molar-refractivity contribution in [1.29, 1.82) is 0 Å². The quantitative estimate of drug-likeness (QED) is 0.102. The molecule has 0 aliphatic rings. The minimum Gasteiger partial charge on any atom is -0.339 e. The van der Waals surface area contributed by atoms with Crippen molar-refractivity contribution in [2.45, 2.75) is 19.9 Å². The Balaban J connectivity index is 0.00000533. The number of amides is 3. The van der Waals surface area contributed by atoms with Crippen molar-refractivity contribution < 1.29 is 24.0 Å². The Labute approximate surface area is 227 Å². The standard InChI is InChI=1S/C28H28FN5O4.CH4/c29-23-11-5-21(6-12-23)15-16-31-18-26(35)32-24-13-7-20(8-14-24)2-1-19-3-9-22(10-4-19)27(36)33-25(17-30)28(37)34-38;/h3-14,25,31,38H,15-18,30H2,(H,32,35)(H,33,36)(H,34,37);1H4/t25-;/m0./s1. The second-order valence-electron chi connectivity index (χ2n) is 8.24. The van der Waals surface area contributed by atoms with Crippen LogP contribution in [-0.2, 0) is 16.0 Å². The van der Waals surface area contributed by atoms with Gasteiger partial charge in [0, 0.05) is 28.9 Å². The van der Waals surface area contributed by atoms with Gasteiger partial charge in [-0.05, 0) is 79.2 Å². The van der Waals surface area contributed by atoms with Crippen LogP contribution in [0.2, 0.25) is 0 Å². The molecule has 9 nitrogen and oxygen atoms in total. The maximum Gasteiger partial charge on any atom is 0.267 e. The number of rotatable bonds is 10. The molecule has 0 saturated carbocycles. The minimum absolute atomic E-state index is 0. The average molecular weight is 534 g/mol. The number of hydrogen-bond acceptors (Lipinski definition) is 6. The number of hydrogen-bond donors (Lipinski definition) is 6. The summed E-state index contributed by atoms with van der Waals surface area (Å²) in [6.07, 6.45) is 0.689. The van der Waals surface area contributed by atoms with E-state index in [-0.39, 0.29) is 32.2 Å². The number of carbonyl (C=O) groups excluding carboxylic acids is 3. The molecule has 0 fully saturated rings. The van der Waals surface area contributed by atoms with Gasteiger partial charge in [0.25, 0.3) is 11.8 Å². The van der Waals surface area contributed by atoms with E-state index in [4.69, 9.17) is 10.9 Å². The van der Waals surface area contributed by atoms with Gasteiger partial charge < -0.3 is 21.7 Å². The summed E-state index contributed by atoms with van der Waals surface area (Å²) in [5.74, 6) is 4.26. The average Bonchev–Trinajstić information content (AvgIpc) is 2.94. The predicted octanol–water partition coefficient (Wildman–Crippen LogP) is 2.19. The molecule has 0 bridgehead atoms. The van der Waals surface area contributed by atoms with Crippen molar-refractivity contribution in [3.05, 3.63) is 101 Å². The molecule has 204 valence electrons. The third-order valence-corrected chi connectivity index (χ3v) is 5.42. The largest absolute Gasteiger partial charge is 0.339 e. The Morgan fingerprint density at radius 3 is 2.05 bits per heavy atom. The van der Waals surface area contributed by atoms with E-state index in [0.29, 0.717) is 29.8 Å². The molecular formula is C29H32FN5O4. The molecule has 0 aliphatic heterocycles. The van der Waals surface area contributed by atoms with Gasteiger partial charge in [-0.25, -0.2) is 9.87 Å². The first-order valence-corrected chi connectivity index (χ1v) is 11.8. The third kappa shape index (κ3) is 10.0. The van der Waals surface area contributed by atoms with E-state index in [9.17, 15) is 18.8 Å². The topological polar surface area (TPSA) is 146 Å². The van der Waals surface area contributed by atoms with Crippen molar-refractivity contribution in [1.82, 2.24) is 16.1 Å². The highest BCUT2D eigenvalue weighted by Gasteiger charge is 2.19. The molecule has 0 radical (unpaired) electrons. The third-order valence-electron chi connectivity index (χ3n) is 5.42. The number of halogens is 1. The van der Waals surface area contributed by atoms with Gasteiger partial charge in [0.2, 0.25) is 5.91 Å². The second kappa shape index (κ2) is 15.6. The number of anilines is 1. The van der Waals surface area contributed by atoms with Crippen molar-refractivity contribution in [3.8, 4) is 11.8 Å². The van der Waals surface area contributed by atoms with Crippen LogP contribution >= 0.6 is 0 Å². The van der Waals surface area contributed by atoms with Crippen molar-refractivity contribution >= 4 is 23.4 Å². The van der Waals surface area contributed by atoms with Gasteiger partial charge in [0.05, 0.1) is 6.54 Å². The van der Waals surface area contributed by atoms with Gasteiger partial charge in [-0.15, -0.1) is 0 Å². The Hall–Kier alpha value is -4.56. The summed E-state index contributed by atoms with van der Waals surface area (Å²) in [5.41, 5.74) is 10.2. The Morgan fingerprint density at radius 2 is 1.49 bits per heavy atom. The SMILES string of the molecule is C.NC[C@H](NC(=O)c1ccc(C#Cc2ccc(NC(=O)CNCCc3ccc(F)cc3)cc2)cc1)C(=O)NO. The minimum atomic E-state index is -1.05. The first kappa shape index (κ1) is 30.7. The van der Waals surface area contributed by atoms with E-state index in [1.165, 1.54) is 17.6 Å². The van der Waals surface area contributed by atoms with Gasteiger partial charge in [-0.1, -0.05) is 31.4 Å². The number of nitrogens with one attached hydrogen (secondary N) is 4. The number of hydroxylamine groups is 1. The van der Waals surface area contributed by atoms with E-state index >= 15 is 0 Å². The second-order valence-corrected chi connectivity index (χ2v) is 8.24. The summed E-state index contributed by atoms with van der Waals surface area (Å²) in [6.45, 7) is 0.576. The van der Waals surface area contributed by atoms with Gasteiger partial charge >= 0.3 is 0 Å². The molecule has 0 spiro atoms. The monoisotopic (exact) mass is 533 g/mol.